The molecule has 0 spiro atoms. The van der Waals surface area contributed by atoms with Crippen LogP contribution in [0.3, 0.4) is 0 Å². The summed E-state index contributed by atoms with van der Waals surface area (Å²) in [6.45, 7) is 5.77. The van der Waals surface area contributed by atoms with Gasteiger partial charge in [0.1, 0.15) is 17.2 Å². The predicted octanol–water partition coefficient (Wildman–Crippen LogP) is 5.24. The summed E-state index contributed by atoms with van der Waals surface area (Å²) in [6.07, 6.45) is 7.16. The molecule has 0 saturated carbocycles. The van der Waals surface area contributed by atoms with Crippen LogP contribution in [0.5, 0.6) is 11.5 Å². The number of hydrogen-bond donors (Lipinski definition) is 1. The Labute approximate surface area is 180 Å². The second kappa shape index (κ2) is 9.25. The first-order chi connectivity index (χ1) is 14.8. The van der Waals surface area contributed by atoms with Gasteiger partial charge in [0.05, 0.1) is 19.1 Å². The van der Waals surface area contributed by atoms with Crippen LogP contribution in [-0.4, -0.2) is 29.1 Å². The zero-order valence-corrected chi connectivity index (χ0v) is 18.1. The molecule has 31 heavy (non-hydrogen) atoms. The van der Waals surface area contributed by atoms with Crippen LogP contribution in [-0.2, 0) is 0 Å². The van der Waals surface area contributed by atoms with Gasteiger partial charge in [0.25, 0.3) is 5.69 Å². The highest BCUT2D eigenvalue weighted by atomic mass is 16.6. The van der Waals surface area contributed by atoms with Crippen LogP contribution in [0.2, 0.25) is 0 Å². The van der Waals surface area contributed by atoms with E-state index in [1.54, 1.807) is 45.7 Å². The lowest BCUT2D eigenvalue weighted by atomic mass is 10.00. The van der Waals surface area contributed by atoms with E-state index in [4.69, 9.17) is 9.47 Å². The molecular formula is C23H24N4O4. The number of nitro groups is 1. The van der Waals surface area contributed by atoms with E-state index in [1.165, 1.54) is 6.07 Å². The summed E-state index contributed by atoms with van der Waals surface area (Å²) < 4.78 is 10.9. The molecule has 0 amide bonds. The van der Waals surface area contributed by atoms with E-state index in [-0.39, 0.29) is 11.6 Å². The Morgan fingerprint density at radius 1 is 1.00 bits per heavy atom. The number of aromatic nitrogens is 2. The lowest BCUT2D eigenvalue weighted by molar-refractivity contribution is -0.384. The molecule has 3 rings (SSSR count). The Balaban J connectivity index is 1.86. The minimum atomic E-state index is -0.431. The molecule has 0 aliphatic heterocycles. The number of aryl methyl sites for hydroxylation is 1. The second-order valence-electron chi connectivity index (χ2n) is 6.97. The van der Waals surface area contributed by atoms with Gasteiger partial charge in [0, 0.05) is 30.1 Å². The third-order valence-corrected chi connectivity index (χ3v) is 5.05. The number of para-hydroxylation sites is 1. The van der Waals surface area contributed by atoms with E-state index in [0.29, 0.717) is 5.69 Å². The van der Waals surface area contributed by atoms with Gasteiger partial charge in [-0.15, -0.1) is 0 Å². The van der Waals surface area contributed by atoms with Gasteiger partial charge in [-0.2, -0.15) is 0 Å². The molecule has 0 saturated heterocycles. The van der Waals surface area contributed by atoms with Gasteiger partial charge in [0.15, 0.2) is 0 Å². The highest BCUT2D eigenvalue weighted by molar-refractivity contribution is 5.76. The van der Waals surface area contributed by atoms with Crippen molar-refractivity contribution in [1.29, 1.82) is 0 Å². The van der Waals surface area contributed by atoms with Crippen LogP contribution in [0, 0.1) is 30.9 Å². The number of nitrogens with zero attached hydrogens (tertiary/aromatic N) is 3. The van der Waals surface area contributed by atoms with E-state index in [0.717, 1.165) is 39.3 Å². The molecule has 8 heteroatoms. The summed E-state index contributed by atoms with van der Waals surface area (Å²) in [6, 6.07) is 6.75. The number of nitro benzene ring substituents is 1. The number of methoxy groups -OCH3 is 2. The van der Waals surface area contributed by atoms with Gasteiger partial charge in [-0.25, -0.2) is 9.97 Å². The predicted molar refractivity (Wildman–Crippen MR) is 121 cm³/mol. The fourth-order valence-corrected chi connectivity index (χ4v) is 3.30. The standard InChI is InChI=1S/C23H24N4O4/c1-14-7-6-8-19(27(28)29)22(14)26-23-24-12-17(13-25-23)9-10-18-15(2)20(30-4)11-21(31-5)16(18)3/h6-13H,1-5H3,(H,24,25,26)/b10-9+. The minimum Gasteiger partial charge on any atom is -0.496 e. The third kappa shape index (κ3) is 4.63. The molecule has 0 aliphatic carbocycles. The number of nitrogens with one attached hydrogen (secondary N) is 1. The van der Waals surface area contributed by atoms with Gasteiger partial charge in [-0.05, 0) is 43.0 Å². The highest BCUT2D eigenvalue weighted by Crippen LogP contribution is 2.34. The SMILES string of the molecule is COc1cc(OC)c(C)c(/C=C/c2cnc(Nc3c(C)cccc3[N+](=O)[O-])nc2)c1C. The molecule has 8 nitrogen and oxygen atoms in total. The molecule has 0 fully saturated rings. The quantitative estimate of drug-likeness (QED) is 0.412. The monoisotopic (exact) mass is 420 g/mol. The van der Waals surface area contributed by atoms with Crippen molar-refractivity contribution >= 4 is 29.5 Å². The van der Waals surface area contributed by atoms with E-state index in [2.05, 4.69) is 15.3 Å². The number of anilines is 2. The van der Waals surface area contributed by atoms with Crippen molar-refractivity contribution in [3.8, 4) is 11.5 Å². The molecule has 1 N–H and O–H groups in total. The van der Waals surface area contributed by atoms with E-state index < -0.39 is 4.92 Å². The maximum atomic E-state index is 11.3. The summed E-state index contributed by atoms with van der Waals surface area (Å²) in [5, 5.41) is 14.2. The molecule has 1 aromatic heterocycles. The van der Waals surface area contributed by atoms with Gasteiger partial charge < -0.3 is 14.8 Å². The van der Waals surface area contributed by atoms with Gasteiger partial charge >= 0.3 is 0 Å². The molecule has 3 aromatic rings. The fraction of sp³-hybridized carbons (Fsp3) is 0.217. The Kier molecular flexibility index (Phi) is 6.49. The Bertz CT molecular complexity index is 1110. The Morgan fingerprint density at radius 3 is 2.16 bits per heavy atom. The van der Waals surface area contributed by atoms with Crippen molar-refractivity contribution in [3.05, 3.63) is 74.6 Å². The molecule has 0 bridgehead atoms. The average molecular weight is 420 g/mol. The first-order valence-corrected chi connectivity index (χ1v) is 9.59. The molecular weight excluding hydrogens is 396 g/mol. The van der Waals surface area contributed by atoms with Crippen LogP contribution in [0.4, 0.5) is 17.3 Å². The maximum absolute atomic E-state index is 11.3. The summed E-state index contributed by atoms with van der Waals surface area (Å²) in [5.74, 6) is 1.78. The number of hydrogen-bond acceptors (Lipinski definition) is 7. The summed E-state index contributed by atoms with van der Waals surface area (Å²) >= 11 is 0. The summed E-state index contributed by atoms with van der Waals surface area (Å²) in [5.41, 5.74) is 4.88. The topological polar surface area (TPSA) is 99.4 Å². The van der Waals surface area contributed by atoms with Gasteiger partial charge in [-0.1, -0.05) is 24.3 Å². The second-order valence-corrected chi connectivity index (χ2v) is 6.97. The minimum absolute atomic E-state index is 0.0227. The maximum Gasteiger partial charge on any atom is 0.293 e. The van der Waals surface area contributed by atoms with Crippen molar-refractivity contribution < 1.29 is 14.4 Å². The lowest BCUT2D eigenvalue weighted by Crippen LogP contribution is -2.02. The van der Waals surface area contributed by atoms with E-state index >= 15 is 0 Å². The van der Waals surface area contributed by atoms with Gasteiger partial charge in [0.2, 0.25) is 5.95 Å². The van der Waals surface area contributed by atoms with Crippen molar-refractivity contribution in [1.82, 2.24) is 9.97 Å². The first-order valence-electron chi connectivity index (χ1n) is 9.59. The number of rotatable bonds is 7. The molecule has 2 aromatic carbocycles. The summed E-state index contributed by atoms with van der Waals surface area (Å²) in [7, 11) is 3.26. The Hall–Kier alpha value is -3.94. The molecule has 0 unspecified atom stereocenters. The van der Waals surface area contributed by atoms with Crippen molar-refractivity contribution in [3.63, 3.8) is 0 Å². The smallest absolute Gasteiger partial charge is 0.293 e. The average Bonchev–Trinajstić information content (AvgIpc) is 2.76. The van der Waals surface area contributed by atoms with Crippen molar-refractivity contribution in [2.75, 3.05) is 19.5 Å². The fourth-order valence-electron chi connectivity index (χ4n) is 3.30. The number of benzene rings is 2. The molecule has 0 aliphatic rings. The Morgan fingerprint density at radius 2 is 1.61 bits per heavy atom. The van der Waals surface area contributed by atoms with E-state index in [9.17, 15) is 10.1 Å². The van der Waals surface area contributed by atoms with Crippen LogP contribution in [0.1, 0.15) is 27.8 Å². The highest BCUT2D eigenvalue weighted by Gasteiger charge is 2.16. The summed E-state index contributed by atoms with van der Waals surface area (Å²) in [4.78, 5) is 19.4. The van der Waals surface area contributed by atoms with Gasteiger partial charge in [-0.3, -0.25) is 10.1 Å². The molecule has 0 atom stereocenters. The largest absolute Gasteiger partial charge is 0.496 e. The lowest BCUT2D eigenvalue weighted by Gasteiger charge is -2.14. The van der Waals surface area contributed by atoms with E-state index in [1.807, 2.05) is 32.1 Å². The van der Waals surface area contributed by atoms with Crippen molar-refractivity contribution in [2.45, 2.75) is 20.8 Å². The number of ether oxygens (including phenoxy) is 2. The third-order valence-electron chi connectivity index (χ3n) is 5.05. The van der Waals surface area contributed by atoms with Crippen molar-refractivity contribution in [2.24, 2.45) is 0 Å². The zero-order valence-electron chi connectivity index (χ0n) is 18.1. The molecule has 160 valence electrons. The van der Waals surface area contributed by atoms with Crippen LogP contribution in [0.25, 0.3) is 12.2 Å². The normalized spacial score (nSPS) is 10.9. The molecule has 1 heterocycles. The zero-order chi connectivity index (χ0) is 22.5. The van der Waals surface area contributed by atoms with Crippen LogP contribution < -0.4 is 14.8 Å². The molecule has 0 radical (unpaired) electrons. The van der Waals surface area contributed by atoms with Crippen LogP contribution >= 0.6 is 0 Å². The first kappa shape index (κ1) is 21.8. The van der Waals surface area contributed by atoms with Crippen LogP contribution in [0.15, 0.2) is 36.7 Å².